The van der Waals surface area contributed by atoms with E-state index >= 15 is 0 Å². The second kappa shape index (κ2) is 18.6. The maximum Gasteiger partial charge on any atom is 0.125 e. The molecule has 0 fully saturated rings. The molecule has 1 N–H and O–H groups in total. The van der Waals surface area contributed by atoms with Gasteiger partial charge in [-0.15, -0.1) is 11.8 Å². The number of unbranched alkanes of at least 4 members (excludes halogenated alkanes) is 13. The van der Waals surface area contributed by atoms with Crippen LogP contribution < -0.4 is 0 Å². The van der Waals surface area contributed by atoms with E-state index in [9.17, 15) is 5.11 Å². The summed E-state index contributed by atoms with van der Waals surface area (Å²) in [4.78, 5) is 0. The molecule has 23 heavy (non-hydrogen) atoms. The highest BCUT2D eigenvalue weighted by Gasteiger charge is 2.12. The fourth-order valence-corrected chi connectivity index (χ4v) is 3.75. The van der Waals surface area contributed by atoms with Gasteiger partial charge in [0.15, 0.2) is 0 Å². The Labute approximate surface area is 150 Å². The molecule has 0 saturated heterocycles. The van der Waals surface area contributed by atoms with Gasteiger partial charge in [-0.3, -0.25) is 0 Å². The molecule has 0 bridgehead atoms. The lowest BCUT2D eigenvalue weighted by Gasteiger charge is -2.16. The molecule has 3 heteroatoms. The third-order valence-corrected chi connectivity index (χ3v) is 5.81. The van der Waals surface area contributed by atoms with Crippen LogP contribution in [0.15, 0.2) is 0 Å². The van der Waals surface area contributed by atoms with Gasteiger partial charge in [0.05, 0.1) is 6.10 Å². The molecule has 2 atom stereocenters. The highest BCUT2D eigenvalue weighted by Crippen LogP contribution is 2.17. The van der Waals surface area contributed by atoms with Crippen molar-refractivity contribution in [1.29, 1.82) is 0 Å². The van der Waals surface area contributed by atoms with Gasteiger partial charge in [0, 0.05) is 7.11 Å². The molecule has 0 aromatic heterocycles. The van der Waals surface area contributed by atoms with Gasteiger partial charge >= 0.3 is 0 Å². The molecule has 140 valence electrons. The van der Waals surface area contributed by atoms with Crippen LogP contribution in [0.3, 0.4) is 0 Å². The van der Waals surface area contributed by atoms with E-state index in [2.05, 4.69) is 6.92 Å². The average molecular weight is 347 g/mol. The van der Waals surface area contributed by atoms with Gasteiger partial charge in [0.2, 0.25) is 0 Å². The molecular formula is C20H42O2S. The highest BCUT2D eigenvalue weighted by atomic mass is 32.2. The maximum atomic E-state index is 9.76. The minimum absolute atomic E-state index is 0.0633. The quantitative estimate of drug-likeness (QED) is 0.225. The van der Waals surface area contributed by atoms with E-state index in [-0.39, 0.29) is 11.5 Å². The van der Waals surface area contributed by atoms with Crippen molar-refractivity contribution in [3.8, 4) is 0 Å². The zero-order valence-electron chi connectivity index (χ0n) is 16.0. The van der Waals surface area contributed by atoms with Crippen molar-refractivity contribution in [2.24, 2.45) is 0 Å². The SMILES string of the molecule is CCCCCCCCCCCCCCCCSC(O)C(C)OC. The number of thioether (sulfide) groups is 1. The number of hydrogen-bond donors (Lipinski definition) is 1. The van der Waals surface area contributed by atoms with E-state index in [0.717, 1.165) is 5.75 Å². The summed E-state index contributed by atoms with van der Waals surface area (Å²) in [7, 11) is 1.65. The van der Waals surface area contributed by atoms with Crippen LogP contribution in [0.25, 0.3) is 0 Å². The summed E-state index contributed by atoms with van der Waals surface area (Å²) in [6, 6.07) is 0. The Morgan fingerprint density at radius 2 is 1.13 bits per heavy atom. The van der Waals surface area contributed by atoms with Crippen LogP contribution in [0, 0.1) is 0 Å². The Morgan fingerprint density at radius 3 is 1.52 bits per heavy atom. The van der Waals surface area contributed by atoms with E-state index in [1.807, 2.05) is 6.92 Å². The van der Waals surface area contributed by atoms with Gasteiger partial charge in [0.25, 0.3) is 0 Å². The number of rotatable bonds is 18. The third-order valence-electron chi connectivity index (χ3n) is 4.56. The van der Waals surface area contributed by atoms with Crippen LogP contribution in [0.1, 0.15) is 104 Å². The van der Waals surface area contributed by atoms with Crippen molar-refractivity contribution in [2.45, 2.75) is 115 Å². The van der Waals surface area contributed by atoms with E-state index in [1.54, 1.807) is 18.9 Å². The smallest absolute Gasteiger partial charge is 0.125 e. The topological polar surface area (TPSA) is 29.5 Å². The van der Waals surface area contributed by atoms with Crippen molar-refractivity contribution < 1.29 is 9.84 Å². The highest BCUT2D eigenvalue weighted by molar-refractivity contribution is 7.99. The summed E-state index contributed by atoms with van der Waals surface area (Å²) in [6.45, 7) is 4.20. The van der Waals surface area contributed by atoms with Crippen LogP contribution in [0.2, 0.25) is 0 Å². The Bertz CT molecular complexity index is 224. The molecule has 0 aromatic carbocycles. The molecule has 0 heterocycles. The summed E-state index contributed by atoms with van der Waals surface area (Å²) < 4.78 is 5.12. The second-order valence-electron chi connectivity index (χ2n) is 6.80. The number of aliphatic hydroxyl groups excluding tert-OH is 1. The fraction of sp³-hybridized carbons (Fsp3) is 1.00. The van der Waals surface area contributed by atoms with E-state index < -0.39 is 0 Å². The minimum Gasteiger partial charge on any atom is -0.380 e. The van der Waals surface area contributed by atoms with Crippen LogP contribution in [-0.2, 0) is 4.74 Å². The summed E-state index contributed by atoms with van der Waals surface area (Å²) in [5.74, 6) is 1.05. The molecule has 0 aliphatic rings. The monoisotopic (exact) mass is 346 g/mol. The van der Waals surface area contributed by atoms with Crippen LogP contribution in [-0.4, -0.2) is 29.5 Å². The number of hydrogen-bond acceptors (Lipinski definition) is 3. The first kappa shape index (κ1) is 23.3. The molecule has 2 unspecified atom stereocenters. The molecule has 0 spiro atoms. The zero-order valence-corrected chi connectivity index (χ0v) is 16.8. The third kappa shape index (κ3) is 16.9. The standard InChI is InChI=1S/C20H42O2S/c1-4-5-6-7-8-9-10-11-12-13-14-15-16-17-18-23-20(21)19(2)22-3/h19-21H,4-18H2,1-3H3. The molecule has 0 amide bonds. The lowest BCUT2D eigenvalue weighted by molar-refractivity contribution is 0.0447. The lowest BCUT2D eigenvalue weighted by Crippen LogP contribution is -2.21. The number of ether oxygens (including phenoxy) is 1. The largest absolute Gasteiger partial charge is 0.380 e. The summed E-state index contributed by atoms with van der Waals surface area (Å²) in [5.41, 5.74) is -0.373. The predicted octanol–water partition coefficient (Wildman–Crippen LogP) is 6.55. The second-order valence-corrected chi connectivity index (χ2v) is 8.02. The first-order valence-electron chi connectivity index (χ1n) is 10.0. The Balaban J connectivity index is 3.08. The normalized spacial score (nSPS) is 14.1. The number of aliphatic hydroxyl groups is 1. The van der Waals surface area contributed by atoms with Gasteiger partial charge in [-0.25, -0.2) is 0 Å². The Kier molecular flexibility index (Phi) is 18.8. The Morgan fingerprint density at radius 1 is 0.739 bits per heavy atom. The van der Waals surface area contributed by atoms with Crippen molar-refractivity contribution in [3.63, 3.8) is 0 Å². The lowest BCUT2D eigenvalue weighted by atomic mass is 10.0. The zero-order chi connectivity index (χ0) is 17.2. The van der Waals surface area contributed by atoms with Crippen molar-refractivity contribution in [2.75, 3.05) is 12.9 Å². The van der Waals surface area contributed by atoms with Crippen LogP contribution in [0.5, 0.6) is 0 Å². The molecule has 0 aromatic rings. The van der Waals surface area contributed by atoms with Gasteiger partial charge < -0.3 is 9.84 Å². The summed E-state index contributed by atoms with van der Waals surface area (Å²) in [6.07, 6.45) is 19.5. The molecular weight excluding hydrogens is 304 g/mol. The summed E-state index contributed by atoms with van der Waals surface area (Å²) in [5, 5.41) is 9.76. The molecule has 0 aliphatic heterocycles. The first-order valence-corrected chi connectivity index (χ1v) is 11.1. The van der Waals surface area contributed by atoms with Crippen LogP contribution in [0.4, 0.5) is 0 Å². The minimum atomic E-state index is -0.373. The summed E-state index contributed by atoms with van der Waals surface area (Å²) >= 11 is 1.62. The first-order chi connectivity index (χ1) is 11.2. The van der Waals surface area contributed by atoms with Crippen LogP contribution >= 0.6 is 11.8 Å². The molecule has 2 nitrogen and oxygen atoms in total. The average Bonchev–Trinajstić information content (AvgIpc) is 2.57. The fourth-order valence-electron chi connectivity index (χ4n) is 2.75. The Hall–Kier alpha value is 0.270. The predicted molar refractivity (Wildman–Crippen MR) is 105 cm³/mol. The molecule has 0 saturated carbocycles. The van der Waals surface area contributed by atoms with E-state index in [0.29, 0.717) is 0 Å². The molecule has 0 aliphatic carbocycles. The molecule has 0 radical (unpaired) electrons. The molecule has 0 rings (SSSR count). The van der Waals surface area contributed by atoms with Crippen molar-refractivity contribution >= 4 is 11.8 Å². The van der Waals surface area contributed by atoms with Gasteiger partial charge in [-0.2, -0.15) is 0 Å². The van der Waals surface area contributed by atoms with E-state index in [4.69, 9.17) is 4.74 Å². The number of methoxy groups -OCH3 is 1. The maximum absolute atomic E-state index is 9.76. The van der Waals surface area contributed by atoms with E-state index in [1.165, 1.54) is 89.9 Å². The van der Waals surface area contributed by atoms with Crippen molar-refractivity contribution in [1.82, 2.24) is 0 Å². The van der Waals surface area contributed by atoms with Gasteiger partial charge in [-0.05, 0) is 19.1 Å². The van der Waals surface area contributed by atoms with Gasteiger partial charge in [0.1, 0.15) is 5.44 Å². The van der Waals surface area contributed by atoms with Crippen molar-refractivity contribution in [3.05, 3.63) is 0 Å². The van der Waals surface area contributed by atoms with Gasteiger partial charge in [-0.1, -0.05) is 90.4 Å².